The first kappa shape index (κ1) is 16.7. The molecule has 2 atom stereocenters. The lowest BCUT2D eigenvalue weighted by molar-refractivity contribution is -0.131. The molecule has 1 aromatic heterocycles. The van der Waals surface area contributed by atoms with Crippen LogP contribution in [-0.2, 0) is 9.63 Å². The molecular formula is C16H22ClN3O2S. The molecule has 3 heterocycles. The zero-order valence-electron chi connectivity index (χ0n) is 13.3. The van der Waals surface area contributed by atoms with Gasteiger partial charge < -0.3 is 10.2 Å². The van der Waals surface area contributed by atoms with Crippen LogP contribution < -0.4 is 5.32 Å². The minimum absolute atomic E-state index is 0.0870. The highest BCUT2D eigenvalue weighted by Crippen LogP contribution is 2.26. The van der Waals surface area contributed by atoms with Gasteiger partial charge in [0.05, 0.1) is 9.21 Å². The molecule has 2 aliphatic heterocycles. The molecule has 3 rings (SSSR count). The molecule has 5 nitrogen and oxygen atoms in total. The predicted molar refractivity (Wildman–Crippen MR) is 93.3 cm³/mol. The van der Waals surface area contributed by atoms with E-state index in [4.69, 9.17) is 16.4 Å². The van der Waals surface area contributed by atoms with Gasteiger partial charge >= 0.3 is 0 Å². The number of hydrogen-bond acceptors (Lipinski definition) is 5. The molecule has 0 bridgehead atoms. The number of halogens is 1. The van der Waals surface area contributed by atoms with E-state index in [1.54, 1.807) is 0 Å². The molecule has 0 aliphatic carbocycles. The summed E-state index contributed by atoms with van der Waals surface area (Å²) in [7, 11) is 0. The first-order chi connectivity index (χ1) is 11.1. The summed E-state index contributed by atoms with van der Waals surface area (Å²) in [5.74, 6) is -0.0870. The molecule has 1 saturated heterocycles. The lowest BCUT2D eigenvalue weighted by Crippen LogP contribution is -2.44. The zero-order chi connectivity index (χ0) is 16.2. The van der Waals surface area contributed by atoms with Gasteiger partial charge in [-0.3, -0.25) is 9.69 Å². The highest BCUT2D eigenvalue weighted by Gasteiger charge is 2.29. The van der Waals surface area contributed by atoms with E-state index in [0.717, 1.165) is 23.7 Å². The number of nitrogens with zero attached hydrogens (tertiary/aromatic N) is 2. The monoisotopic (exact) mass is 355 g/mol. The number of thiophene rings is 1. The van der Waals surface area contributed by atoms with Gasteiger partial charge in [-0.25, -0.2) is 0 Å². The van der Waals surface area contributed by atoms with Crippen LogP contribution in [0, 0.1) is 0 Å². The molecule has 0 radical (unpaired) electrons. The third kappa shape index (κ3) is 4.25. The number of rotatable bonds is 5. The van der Waals surface area contributed by atoms with Gasteiger partial charge in [0.1, 0.15) is 5.71 Å². The van der Waals surface area contributed by atoms with E-state index >= 15 is 0 Å². The molecule has 23 heavy (non-hydrogen) atoms. The molecule has 1 N–H and O–H groups in total. The van der Waals surface area contributed by atoms with Crippen molar-refractivity contribution in [3.8, 4) is 0 Å². The third-order valence-corrected chi connectivity index (χ3v) is 5.74. The molecule has 0 aromatic carbocycles. The fourth-order valence-electron chi connectivity index (χ4n) is 3.06. The minimum Gasteiger partial charge on any atom is -0.382 e. The van der Waals surface area contributed by atoms with Crippen molar-refractivity contribution in [1.29, 1.82) is 0 Å². The van der Waals surface area contributed by atoms with Gasteiger partial charge in [-0.2, -0.15) is 0 Å². The molecule has 1 fully saturated rings. The Bertz CT molecular complexity index is 590. The quantitative estimate of drug-likeness (QED) is 0.883. The Morgan fingerprint density at radius 3 is 3.13 bits per heavy atom. The lowest BCUT2D eigenvalue weighted by Gasteiger charge is -2.33. The van der Waals surface area contributed by atoms with E-state index in [0.29, 0.717) is 23.3 Å². The van der Waals surface area contributed by atoms with E-state index in [-0.39, 0.29) is 5.91 Å². The Morgan fingerprint density at radius 1 is 1.52 bits per heavy atom. The van der Waals surface area contributed by atoms with E-state index in [2.05, 4.69) is 22.3 Å². The van der Waals surface area contributed by atoms with Crippen molar-refractivity contribution >= 4 is 34.6 Å². The average molecular weight is 356 g/mol. The predicted octanol–water partition coefficient (Wildman–Crippen LogP) is 2.89. The molecule has 7 heteroatoms. The lowest BCUT2D eigenvalue weighted by atomic mass is 10.0. The summed E-state index contributed by atoms with van der Waals surface area (Å²) >= 11 is 7.38. The summed E-state index contributed by atoms with van der Waals surface area (Å²) in [6.07, 6.45) is 3.80. The molecular weight excluding hydrogens is 334 g/mol. The van der Waals surface area contributed by atoms with Crippen molar-refractivity contribution in [1.82, 2.24) is 10.2 Å². The van der Waals surface area contributed by atoms with E-state index in [1.807, 2.05) is 12.1 Å². The molecule has 0 saturated carbocycles. The maximum absolute atomic E-state index is 12.2. The number of carbonyl (C=O) groups is 1. The first-order valence-corrected chi connectivity index (χ1v) is 9.33. The zero-order valence-corrected chi connectivity index (χ0v) is 14.8. The largest absolute Gasteiger partial charge is 0.382 e. The Morgan fingerprint density at radius 2 is 2.39 bits per heavy atom. The normalized spacial score (nSPS) is 25.0. The van der Waals surface area contributed by atoms with Crippen LogP contribution in [0.5, 0.6) is 0 Å². The van der Waals surface area contributed by atoms with E-state index < -0.39 is 6.10 Å². The number of piperidine rings is 1. The summed E-state index contributed by atoms with van der Waals surface area (Å²) in [5.41, 5.74) is 0.798. The Hall–Kier alpha value is -1.11. The molecule has 0 unspecified atom stereocenters. The number of carbonyl (C=O) groups excluding carboxylic acids is 1. The minimum atomic E-state index is -0.523. The number of amides is 1. The van der Waals surface area contributed by atoms with Crippen LogP contribution in [0.1, 0.15) is 37.5 Å². The smallest absolute Gasteiger partial charge is 0.264 e. The van der Waals surface area contributed by atoms with Crippen LogP contribution in [0.3, 0.4) is 0 Å². The van der Waals surface area contributed by atoms with Crippen LogP contribution in [0.15, 0.2) is 17.3 Å². The number of likely N-dealkylation sites (tertiary alicyclic amines) is 1. The van der Waals surface area contributed by atoms with Crippen molar-refractivity contribution in [2.75, 3.05) is 19.6 Å². The summed E-state index contributed by atoms with van der Waals surface area (Å²) in [6, 6.07) is 4.35. The molecule has 1 amide bonds. The summed E-state index contributed by atoms with van der Waals surface area (Å²) in [5, 5.41) is 7.00. The van der Waals surface area contributed by atoms with Gasteiger partial charge in [-0.1, -0.05) is 23.2 Å². The number of oxime groups is 1. The highest BCUT2D eigenvalue weighted by atomic mass is 35.5. The van der Waals surface area contributed by atoms with Gasteiger partial charge in [-0.15, -0.1) is 11.3 Å². The van der Waals surface area contributed by atoms with Gasteiger partial charge in [-0.05, 0) is 38.4 Å². The van der Waals surface area contributed by atoms with Crippen LogP contribution in [0.25, 0.3) is 0 Å². The number of hydrogen-bond donors (Lipinski definition) is 1. The molecule has 1 aromatic rings. The second kappa shape index (κ2) is 7.64. The van der Waals surface area contributed by atoms with Gasteiger partial charge in [0.2, 0.25) is 6.10 Å². The molecule has 0 spiro atoms. The Balaban J connectivity index is 1.41. The maximum atomic E-state index is 12.2. The summed E-state index contributed by atoms with van der Waals surface area (Å²) < 4.78 is 0.714. The van der Waals surface area contributed by atoms with Crippen LogP contribution >= 0.6 is 22.9 Å². The highest BCUT2D eigenvalue weighted by molar-refractivity contribution is 7.18. The molecule has 2 aliphatic rings. The van der Waals surface area contributed by atoms with E-state index in [9.17, 15) is 4.79 Å². The van der Waals surface area contributed by atoms with Gasteiger partial charge in [0.25, 0.3) is 5.91 Å². The molecule has 126 valence electrons. The van der Waals surface area contributed by atoms with Crippen LogP contribution in [0.2, 0.25) is 4.34 Å². The van der Waals surface area contributed by atoms with Crippen molar-refractivity contribution < 1.29 is 9.63 Å². The van der Waals surface area contributed by atoms with Crippen molar-refractivity contribution in [2.45, 2.75) is 44.8 Å². The van der Waals surface area contributed by atoms with Crippen molar-refractivity contribution in [3.63, 3.8) is 0 Å². The first-order valence-electron chi connectivity index (χ1n) is 8.13. The van der Waals surface area contributed by atoms with Crippen molar-refractivity contribution in [2.24, 2.45) is 5.16 Å². The second-order valence-electron chi connectivity index (χ2n) is 6.11. The fraction of sp³-hybridized carbons (Fsp3) is 0.625. The fourth-order valence-corrected chi connectivity index (χ4v) is 4.09. The van der Waals surface area contributed by atoms with Gasteiger partial charge in [0.15, 0.2) is 0 Å². The van der Waals surface area contributed by atoms with E-state index in [1.165, 1.54) is 30.6 Å². The van der Waals surface area contributed by atoms with Crippen LogP contribution in [-0.4, -0.2) is 48.3 Å². The van der Waals surface area contributed by atoms with Crippen molar-refractivity contribution in [3.05, 3.63) is 21.3 Å². The SMILES string of the molecule is C[C@@H]1CCCCN1CCNC(=O)[C@H]1CC(c2ccc(Cl)s2)=NO1. The Labute approximate surface area is 145 Å². The summed E-state index contributed by atoms with van der Waals surface area (Å²) in [6.45, 7) is 4.94. The van der Waals surface area contributed by atoms with Gasteiger partial charge in [0, 0.05) is 25.6 Å². The second-order valence-corrected chi connectivity index (χ2v) is 7.83. The standard InChI is InChI=1S/C16H22ClN3O2S/c1-11-4-2-3-8-20(11)9-7-18-16(21)13-10-12(19-22-13)14-5-6-15(17)23-14/h5-6,11,13H,2-4,7-10H2,1H3,(H,18,21)/t11-,13-/m1/s1. The Kier molecular flexibility index (Phi) is 5.56. The van der Waals surface area contributed by atoms with Crippen LogP contribution in [0.4, 0.5) is 0 Å². The average Bonchev–Trinajstić information content (AvgIpc) is 3.18. The topological polar surface area (TPSA) is 53.9 Å². The number of nitrogens with one attached hydrogen (secondary N) is 1. The maximum Gasteiger partial charge on any atom is 0.264 e. The summed E-state index contributed by atoms with van der Waals surface area (Å²) in [4.78, 5) is 20.9. The third-order valence-electron chi connectivity index (χ3n) is 4.46.